The van der Waals surface area contributed by atoms with Crippen molar-refractivity contribution in [2.24, 2.45) is 5.10 Å². The third-order valence-electron chi connectivity index (χ3n) is 3.54. The molecular weight excluding hydrogens is 430 g/mol. The van der Waals surface area contributed by atoms with Gasteiger partial charge in [-0.25, -0.2) is 5.43 Å². The number of ether oxygens (including phenoxy) is 1. The lowest BCUT2D eigenvalue weighted by atomic mass is 10.2. The van der Waals surface area contributed by atoms with Gasteiger partial charge in [-0.2, -0.15) is 5.10 Å². The van der Waals surface area contributed by atoms with Crippen molar-refractivity contribution >= 4 is 33.7 Å². The Kier molecular flexibility index (Phi) is 6.18. The van der Waals surface area contributed by atoms with Crippen LogP contribution in [0.25, 0.3) is 11.3 Å². The summed E-state index contributed by atoms with van der Waals surface area (Å²) in [5.74, 6) is 0.563. The molecular formula is C19H14BrN3O5. The van der Waals surface area contributed by atoms with Crippen LogP contribution < -0.4 is 10.2 Å². The lowest BCUT2D eigenvalue weighted by Crippen LogP contribution is -2.24. The Morgan fingerprint density at radius 3 is 2.82 bits per heavy atom. The number of nitro benzene ring substituents is 1. The third kappa shape index (κ3) is 5.04. The van der Waals surface area contributed by atoms with Crippen LogP contribution in [0.3, 0.4) is 0 Å². The summed E-state index contributed by atoms with van der Waals surface area (Å²) in [6.45, 7) is -0.413. The van der Waals surface area contributed by atoms with Crippen LogP contribution in [-0.2, 0) is 4.79 Å². The molecule has 2 aromatic carbocycles. The molecule has 0 saturated carbocycles. The fraction of sp³-hybridized carbons (Fsp3) is 0.0526. The lowest BCUT2D eigenvalue weighted by molar-refractivity contribution is -0.385. The number of nitrogens with zero attached hydrogens (tertiary/aromatic N) is 2. The minimum Gasteiger partial charge on any atom is -0.477 e. The maximum atomic E-state index is 11.8. The van der Waals surface area contributed by atoms with Crippen LogP contribution in [0.5, 0.6) is 5.75 Å². The molecule has 28 heavy (non-hydrogen) atoms. The van der Waals surface area contributed by atoms with Crippen molar-refractivity contribution in [1.82, 2.24) is 5.43 Å². The van der Waals surface area contributed by atoms with Crippen molar-refractivity contribution in [3.8, 4) is 17.1 Å². The van der Waals surface area contributed by atoms with Crippen LogP contribution in [0.1, 0.15) is 5.76 Å². The number of amides is 1. The van der Waals surface area contributed by atoms with Crippen molar-refractivity contribution in [2.75, 3.05) is 6.61 Å². The van der Waals surface area contributed by atoms with E-state index in [0.717, 1.165) is 10.0 Å². The van der Waals surface area contributed by atoms with Gasteiger partial charge in [0.05, 0.1) is 11.1 Å². The Balaban J connectivity index is 1.54. The van der Waals surface area contributed by atoms with Crippen LogP contribution in [-0.4, -0.2) is 23.7 Å². The molecule has 0 aliphatic carbocycles. The largest absolute Gasteiger partial charge is 0.477 e. The molecule has 1 heterocycles. The van der Waals surface area contributed by atoms with Crippen molar-refractivity contribution in [1.29, 1.82) is 0 Å². The van der Waals surface area contributed by atoms with Gasteiger partial charge in [-0.1, -0.05) is 40.2 Å². The summed E-state index contributed by atoms with van der Waals surface area (Å²) in [4.78, 5) is 22.1. The Morgan fingerprint density at radius 1 is 1.21 bits per heavy atom. The fourth-order valence-corrected chi connectivity index (χ4v) is 2.69. The van der Waals surface area contributed by atoms with Gasteiger partial charge in [0.25, 0.3) is 5.91 Å². The molecule has 8 nitrogen and oxygen atoms in total. The van der Waals surface area contributed by atoms with Gasteiger partial charge >= 0.3 is 5.69 Å². The monoisotopic (exact) mass is 443 g/mol. The van der Waals surface area contributed by atoms with Gasteiger partial charge in [0.1, 0.15) is 11.5 Å². The standard InChI is InChI=1S/C19H14BrN3O5/c20-14-5-3-4-13(10-14)17-9-8-15(28-17)11-21-22-19(24)12-27-18-7-2-1-6-16(18)23(25)26/h1-11H,12H2,(H,22,24)/b21-11-. The quantitative estimate of drug-likeness (QED) is 0.335. The molecule has 0 atom stereocenters. The summed E-state index contributed by atoms with van der Waals surface area (Å²) in [6, 6.07) is 17.0. The first-order valence-electron chi connectivity index (χ1n) is 8.07. The first kappa shape index (κ1) is 19.3. The molecule has 3 rings (SSSR count). The minimum atomic E-state index is -0.578. The molecule has 0 saturated heterocycles. The molecule has 9 heteroatoms. The normalized spacial score (nSPS) is 10.8. The van der Waals surface area contributed by atoms with Crippen molar-refractivity contribution in [2.45, 2.75) is 0 Å². The van der Waals surface area contributed by atoms with Gasteiger partial charge in [0.15, 0.2) is 12.4 Å². The molecule has 0 fully saturated rings. The number of carbonyl (C=O) groups is 1. The minimum absolute atomic E-state index is 0.0105. The molecule has 142 valence electrons. The zero-order valence-electron chi connectivity index (χ0n) is 14.4. The highest BCUT2D eigenvalue weighted by atomic mass is 79.9. The topological polar surface area (TPSA) is 107 Å². The molecule has 1 N–H and O–H groups in total. The number of nitro groups is 1. The summed E-state index contributed by atoms with van der Waals surface area (Å²) in [5.41, 5.74) is 2.96. The average molecular weight is 444 g/mol. The van der Waals surface area contributed by atoms with Crippen LogP contribution in [0, 0.1) is 10.1 Å². The van der Waals surface area contributed by atoms with E-state index in [1.807, 2.05) is 24.3 Å². The number of hydrogen-bond donors (Lipinski definition) is 1. The van der Waals surface area contributed by atoms with Crippen LogP contribution in [0.4, 0.5) is 5.69 Å². The first-order chi connectivity index (χ1) is 13.5. The summed E-state index contributed by atoms with van der Waals surface area (Å²) < 4.78 is 11.8. The van der Waals surface area contributed by atoms with E-state index < -0.39 is 17.4 Å². The Labute approximate surface area is 168 Å². The lowest BCUT2D eigenvalue weighted by Gasteiger charge is -2.05. The zero-order chi connectivity index (χ0) is 19.9. The highest BCUT2D eigenvalue weighted by molar-refractivity contribution is 9.10. The molecule has 0 bridgehead atoms. The SMILES string of the molecule is O=C(COc1ccccc1[N+](=O)[O-])N/N=C\c1ccc(-c2cccc(Br)c2)o1. The summed E-state index contributed by atoms with van der Waals surface area (Å²) in [6.07, 6.45) is 1.35. The Morgan fingerprint density at radius 2 is 2.04 bits per heavy atom. The van der Waals surface area contributed by atoms with Gasteiger partial charge in [-0.3, -0.25) is 14.9 Å². The van der Waals surface area contributed by atoms with E-state index in [1.54, 1.807) is 18.2 Å². The maximum Gasteiger partial charge on any atom is 0.310 e. The third-order valence-corrected chi connectivity index (χ3v) is 4.03. The van der Waals surface area contributed by atoms with E-state index in [-0.39, 0.29) is 11.4 Å². The molecule has 3 aromatic rings. The molecule has 0 aliphatic rings. The molecule has 1 amide bonds. The van der Waals surface area contributed by atoms with E-state index >= 15 is 0 Å². The average Bonchev–Trinajstić information content (AvgIpc) is 3.15. The number of halogens is 1. The number of para-hydroxylation sites is 2. The molecule has 0 spiro atoms. The van der Waals surface area contributed by atoms with Gasteiger partial charge in [-0.05, 0) is 30.3 Å². The highest BCUT2D eigenvalue weighted by Gasteiger charge is 2.14. The second-order valence-electron chi connectivity index (χ2n) is 5.52. The maximum absolute atomic E-state index is 11.8. The van der Waals surface area contributed by atoms with Crippen molar-refractivity contribution in [3.63, 3.8) is 0 Å². The summed E-state index contributed by atoms with van der Waals surface area (Å²) >= 11 is 3.40. The fourth-order valence-electron chi connectivity index (χ4n) is 2.29. The van der Waals surface area contributed by atoms with Crippen molar-refractivity contribution in [3.05, 3.63) is 81.0 Å². The number of hydrazone groups is 1. The van der Waals surface area contributed by atoms with Gasteiger partial charge in [-0.15, -0.1) is 0 Å². The van der Waals surface area contributed by atoms with Crippen LogP contribution in [0.2, 0.25) is 0 Å². The number of rotatable bonds is 7. The van der Waals surface area contributed by atoms with Crippen LogP contribution >= 0.6 is 15.9 Å². The number of benzene rings is 2. The Hall–Kier alpha value is -3.46. The highest BCUT2D eigenvalue weighted by Crippen LogP contribution is 2.26. The Bertz CT molecular complexity index is 1030. The number of furan rings is 1. The number of carbonyl (C=O) groups excluding carboxylic acids is 1. The number of nitrogens with one attached hydrogen (secondary N) is 1. The number of hydrogen-bond acceptors (Lipinski definition) is 6. The molecule has 1 aromatic heterocycles. The summed E-state index contributed by atoms with van der Waals surface area (Å²) in [7, 11) is 0. The van der Waals surface area contributed by atoms with E-state index in [1.165, 1.54) is 24.4 Å². The van der Waals surface area contributed by atoms with Crippen molar-refractivity contribution < 1.29 is 18.9 Å². The predicted octanol–water partition coefficient (Wildman–Crippen LogP) is 4.15. The molecule has 0 radical (unpaired) electrons. The zero-order valence-corrected chi connectivity index (χ0v) is 16.0. The van der Waals surface area contributed by atoms with E-state index in [4.69, 9.17) is 9.15 Å². The van der Waals surface area contributed by atoms with E-state index in [2.05, 4.69) is 26.5 Å². The molecule has 0 unspecified atom stereocenters. The van der Waals surface area contributed by atoms with E-state index in [0.29, 0.717) is 11.5 Å². The second kappa shape index (κ2) is 8.96. The summed E-state index contributed by atoms with van der Waals surface area (Å²) in [5, 5.41) is 14.7. The van der Waals surface area contributed by atoms with Gasteiger partial charge in [0, 0.05) is 16.1 Å². The smallest absolute Gasteiger partial charge is 0.310 e. The first-order valence-corrected chi connectivity index (χ1v) is 8.86. The van der Waals surface area contributed by atoms with Gasteiger partial charge < -0.3 is 9.15 Å². The van der Waals surface area contributed by atoms with E-state index in [9.17, 15) is 14.9 Å². The second-order valence-corrected chi connectivity index (χ2v) is 6.43. The molecule has 0 aliphatic heterocycles. The van der Waals surface area contributed by atoms with Crippen LogP contribution in [0.15, 0.2) is 74.7 Å². The predicted molar refractivity (Wildman–Crippen MR) is 106 cm³/mol. The van der Waals surface area contributed by atoms with Gasteiger partial charge in [0.2, 0.25) is 0 Å².